The molecule has 0 spiro atoms. The number of aromatic nitrogens is 1. The van der Waals surface area contributed by atoms with Gasteiger partial charge in [-0.1, -0.05) is 12.1 Å². The molecule has 24 heavy (non-hydrogen) atoms. The molecule has 1 heterocycles. The average molecular weight is 344 g/mol. The third-order valence-electron chi connectivity index (χ3n) is 3.53. The Balaban J connectivity index is 2.06. The van der Waals surface area contributed by atoms with Crippen LogP contribution in [0.1, 0.15) is 0 Å². The number of pyridine rings is 1. The van der Waals surface area contributed by atoms with Crippen molar-refractivity contribution in [2.75, 3.05) is 0 Å². The number of hydrogen-bond donors (Lipinski definition) is 1. The third-order valence-corrected chi connectivity index (χ3v) is 4.46. The highest BCUT2D eigenvalue weighted by atomic mass is 32.2. The Kier molecular flexibility index (Phi) is 4.04. The van der Waals surface area contributed by atoms with E-state index in [-0.39, 0.29) is 16.3 Å². The van der Waals surface area contributed by atoms with Crippen molar-refractivity contribution >= 4 is 10.0 Å². The lowest BCUT2D eigenvalue weighted by Crippen LogP contribution is -2.17. The topological polar surface area (TPSA) is 82.2 Å². The summed E-state index contributed by atoms with van der Waals surface area (Å²) in [5, 5.41) is 5.06. The van der Waals surface area contributed by atoms with Crippen LogP contribution in [0.25, 0.3) is 16.8 Å². The summed E-state index contributed by atoms with van der Waals surface area (Å²) in [6.45, 7) is 0. The van der Waals surface area contributed by atoms with E-state index in [1.165, 1.54) is 47.0 Å². The molecule has 0 fully saturated rings. The van der Waals surface area contributed by atoms with Gasteiger partial charge in [-0.05, 0) is 53.6 Å². The number of nitrogens with two attached hydrogens (primary N) is 1. The molecule has 2 aromatic carbocycles. The lowest BCUT2D eigenvalue weighted by Gasteiger charge is -2.09. The zero-order valence-electron chi connectivity index (χ0n) is 12.4. The first kappa shape index (κ1) is 16.1. The minimum Gasteiger partial charge on any atom is -0.284 e. The summed E-state index contributed by atoms with van der Waals surface area (Å²) >= 11 is 0. The summed E-state index contributed by atoms with van der Waals surface area (Å²) in [5.41, 5.74) is 1.71. The lowest BCUT2D eigenvalue weighted by molar-refractivity contribution is 0.598. The molecule has 0 bridgehead atoms. The first-order chi connectivity index (χ1) is 11.3. The molecule has 3 aromatic rings. The Labute approximate surface area is 137 Å². The standard InChI is InChI=1S/C17H13FN2O3S/c18-14-4-1-12(2-5-14)13-3-10-17(21)20(11-13)15-6-8-16(9-7-15)24(19,22)23/h1-11H,(H2,19,22,23). The molecular formula is C17H13FN2O3S. The maximum absolute atomic E-state index is 13.0. The van der Waals surface area contributed by atoms with Crippen LogP contribution in [0.15, 0.2) is 76.6 Å². The molecule has 0 radical (unpaired) electrons. The molecule has 0 saturated heterocycles. The highest BCUT2D eigenvalue weighted by molar-refractivity contribution is 7.89. The van der Waals surface area contributed by atoms with Crippen LogP contribution in [-0.2, 0) is 10.0 Å². The van der Waals surface area contributed by atoms with E-state index >= 15 is 0 Å². The van der Waals surface area contributed by atoms with Gasteiger partial charge >= 0.3 is 0 Å². The predicted molar refractivity (Wildman–Crippen MR) is 88.8 cm³/mol. The van der Waals surface area contributed by atoms with Crippen LogP contribution in [0.5, 0.6) is 0 Å². The van der Waals surface area contributed by atoms with Crippen molar-refractivity contribution in [3.8, 4) is 16.8 Å². The molecule has 122 valence electrons. The number of primary sulfonamides is 1. The number of nitrogens with zero attached hydrogens (tertiary/aromatic N) is 1. The predicted octanol–water partition coefficient (Wildman–Crippen LogP) is 2.29. The van der Waals surface area contributed by atoms with Crippen LogP contribution in [0.4, 0.5) is 4.39 Å². The molecule has 0 saturated carbocycles. The molecule has 0 aliphatic heterocycles. The van der Waals surface area contributed by atoms with Crippen LogP contribution < -0.4 is 10.7 Å². The van der Waals surface area contributed by atoms with Crippen LogP contribution in [0.2, 0.25) is 0 Å². The fourth-order valence-electron chi connectivity index (χ4n) is 2.30. The van der Waals surface area contributed by atoms with E-state index < -0.39 is 10.0 Å². The Morgan fingerprint density at radius 3 is 2.00 bits per heavy atom. The van der Waals surface area contributed by atoms with E-state index in [2.05, 4.69) is 0 Å². The van der Waals surface area contributed by atoms with Gasteiger partial charge in [0.25, 0.3) is 5.56 Å². The van der Waals surface area contributed by atoms with Gasteiger partial charge in [0.05, 0.1) is 4.90 Å². The molecule has 0 aliphatic rings. The molecule has 0 aliphatic carbocycles. The van der Waals surface area contributed by atoms with Crippen LogP contribution in [0, 0.1) is 5.82 Å². The van der Waals surface area contributed by atoms with Gasteiger partial charge in [-0.3, -0.25) is 9.36 Å². The molecule has 0 amide bonds. The highest BCUT2D eigenvalue weighted by Gasteiger charge is 2.08. The van der Waals surface area contributed by atoms with Crippen molar-refractivity contribution in [1.82, 2.24) is 4.57 Å². The van der Waals surface area contributed by atoms with Crippen LogP contribution in [0.3, 0.4) is 0 Å². The lowest BCUT2D eigenvalue weighted by atomic mass is 10.1. The molecule has 5 nitrogen and oxygen atoms in total. The van der Waals surface area contributed by atoms with E-state index in [4.69, 9.17) is 5.14 Å². The van der Waals surface area contributed by atoms with Gasteiger partial charge in [0.1, 0.15) is 5.82 Å². The number of hydrogen-bond acceptors (Lipinski definition) is 3. The van der Waals surface area contributed by atoms with E-state index in [1.807, 2.05) is 0 Å². The second-order valence-electron chi connectivity index (χ2n) is 5.17. The average Bonchev–Trinajstić information content (AvgIpc) is 2.55. The number of benzene rings is 2. The van der Waals surface area contributed by atoms with Crippen molar-refractivity contribution in [3.63, 3.8) is 0 Å². The van der Waals surface area contributed by atoms with Crippen LogP contribution in [-0.4, -0.2) is 13.0 Å². The first-order valence-electron chi connectivity index (χ1n) is 6.96. The van der Waals surface area contributed by atoms with Gasteiger partial charge in [0, 0.05) is 18.0 Å². The van der Waals surface area contributed by atoms with Gasteiger partial charge in [-0.15, -0.1) is 0 Å². The molecule has 7 heteroatoms. The van der Waals surface area contributed by atoms with Gasteiger partial charge in [-0.25, -0.2) is 17.9 Å². The first-order valence-corrected chi connectivity index (χ1v) is 8.51. The summed E-state index contributed by atoms with van der Waals surface area (Å²) in [4.78, 5) is 12.1. The summed E-state index contributed by atoms with van der Waals surface area (Å²) in [6.07, 6.45) is 1.61. The normalized spacial score (nSPS) is 11.4. The fraction of sp³-hybridized carbons (Fsp3) is 0. The fourth-order valence-corrected chi connectivity index (χ4v) is 2.81. The van der Waals surface area contributed by atoms with Crippen molar-refractivity contribution in [2.45, 2.75) is 4.90 Å². The maximum atomic E-state index is 13.0. The zero-order chi connectivity index (χ0) is 17.3. The van der Waals surface area contributed by atoms with Crippen molar-refractivity contribution in [2.24, 2.45) is 5.14 Å². The van der Waals surface area contributed by atoms with E-state index in [9.17, 15) is 17.6 Å². The van der Waals surface area contributed by atoms with E-state index in [1.54, 1.807) is 24.4 Å². The zero-order valence-corrected chi connectivity index (χ0v) is 13.2. The molecule has 0 unspecified atom stereocenters. The number of sulfonamides is 1. The third kappa shape index (κ3) is 3.27. The Hall–Kier alpha value is -2.77. The Bertz CT molecular complexity index is 1040. The maximum Gasteiger partial charge on any atom is 0.255 e. The van der Waals surface area contributed by atoms with Gasteiger partial charge < -0.3 is 0 Å². The Morgan fingerprint density at radius 2 is 1.42 bits per heavy atom. The van der Waals surface area contributed by atoms with Gasteiger partial charge in [-0.2, -0.15) is 0 Å². The highest BCUT2D eigenvalue weighted by Crippen LogP contribution is 2.20. The number of halogens is 1. The van der Waals surface area contributed by atoms with Crippen molar-refractivity contribution in [1.29, 1.82) is 0 Å². The van der Waals surface area contributed by atoms with Crippen molar-refractivity contribution in [3.05, 3.63) is 83.0 Å². The van der Waals surface area contributed by atoms with Crippen LogP contribution >= 0.6 is 0 Å². The second kappa shape index (κ2) is 6.03. The van der Waals surface area contributed by atoms with E-state index in [0.717, 1.165) is 11.1 Å². The molecule has 2 N–H and O–H groups in total. The number of rotatable bonds is 3. The molecule has 0 atom stereocenters. The molecular weight excluding hydrogens is 331 g/mol. The van der Waals surface area contributed by atoms with E-state index in [0.29, 0.717) is 5.69 Å². The summed E-state index contributed by atoms with van der Waals surface area (Å²) in [6, 6.07) is 14.6. The quantitative estimate of drug-likeness (QED) is 0.791. The van der Waals surface area contributed by atoms with Crippen molar-refractivity contribution < 1.29 is 12.8 Å². The minimum atomic E-state index is -3.79. The second-order valence-corrected chi connectivity index (χ2v) is 6.73. The summed E-state index contributed by atoms with van der Waals surface area (Å²) < 4.78 is 37.0. The monoisotopic (exact) mass is 344 g/mol. The molecule has 1 aromatic heterocycles. The van der Waals surface area contributed by atoms with Gasteiger partial charge in [0.15, 0.2) is 0 Å². The Morgan fingerprint density at radius 1 is 0.833 bits per heavy atom. The SMILES string of the molecule is NS(=O)(=O)c1ccc(-n2cc(-c3ccc(F)cc3)ccc2=O)cc1. The minimum absolute atomic E-state index is 0.0333. The molecule has 3 rings (SSSR count). The largest absolute Gasteiger partial charge is 0.284 e. The summed E-state index contributed by atoms with van der Waals surface area (Å²) in [5.74, 6) is -0.342. The summed E-state index contributed by atoms with van der Waals surface area (Å²) in [7, 11) is -3.79. The smallest absolute Gasteiger partial charge is 0.255 e. The van der Waals surface area contributed by atoms with Gasteiger partial charge in [0.2, 0.25) is 10.0 Å².